The second kappa shape index (κ2) is 5.63. The highest BCUT2D eigenvalue weighted by Crippen LogP contribution is 2.29. The molecule has 0 bridgehead atoms. The van der Waals surface area contributed by atoms with Crippen LogP contribution in [0.2, 0.25) is 0 Å². The molecule has 4 heteroatoms. The van der Waals surface area contributed by atoms with Crippen molar-refractivity contribution in [2.45, 2.75) is 57.5 Å². The third kappa shape index (κ3) is 3.00. The lowest BCUT2D eigenvalue weighted by Crippen LogP contribution is -2.46. The number of amides is 1. The molecule has 2 N–H and O–H groups in total. The van der Waals surface area contributed by atoms with E-state index in [1.165, 1.54) is 23.3 Å². The average molecular weight is 278 g/mol. The van der Waals surface area contributed by atoms with Crippen molar-refractivity contribution in [3.8, 4) is 0 Å². The maximum Gasteiger partial charge on any atom is 0.261 e. The van der Waals surface area contributed by atoms with Gasteiger partial charge < -0.3 is 10.6 Å². The third-order valence-electron chi connectivity index (χ3n) is 4.18. The molecule has 2 unspecified atom stereocenters. The Kier molecular flexibility index (Phi) is 3.89. The van der Waals surface area contributed by atoms with Crippen molar-refractivity contribution >= 4 is 17.2 Å². The molecule has 1 aromatic rings. The van der Waals surface area contributed by atoms with Gasteiger partial charge in [0.05, 0.1) is 4.88 Å². The summed E-state index contributed by atoms with van der Waals surface area (Å²) in [5, 5.41) is 6.62. The summed E-state index contributed by atoms with van der Waals surface area (Å²) in [7, 11) is 0. The Bertz CT molecular complexity index is 445. The second-order valence-electron chi connectivity index (χ2n) is 5.82. The molecule has 0 radical (unpaired) electrons. The first kappa shape index (κ1) is 13.1. The molecule has 0 saturated carbocycles. The Balaban J connectivity index is 1.65. The summed E-state index contributed by atoms with van der Waals surface area (Å²) in [6.07, 6.45) is 6.95. The molecule has 19 heavy (non-hydrogen) atoms. The molecule has 2 heterocycles. The van der Waals surface area contributed by atoms with Gasteiger partial charge in [-0.05, 0) is 63.6 Å². The molecular weight excluding hydrogens is 256 g/mol. The predicted molar refractivity (Wildman–Crippen MR) is 78.9 cm³/mol. The number of aryl methyl sites for hydroxylation is 2. The number of rotatable bonds is 2. The summed E-state index contributed by atoms with van der Waals surface area (Å²) in [6.45, 7) is 3.19. The fourth-order valence-electron chi connectivity index (χ4n) is 3.12. The monoisotopic (exact) mass is 278 g/mol. The van der Waals surface area contributed by atoms with Crippen molar-refractivity contribution in [3.05, 3.63) is 21.4 Å². The molecule has 1 saturated heterocycles. The minimum absolute atomic E-state index is 0.137. The van der Waals surface area contributed by atoms with Crippen LogP contribution in [-0.4, -0.2) is 24.5 Å². The van der Waals surface area contributed by atoms with Crippen LogP contribution in [0.1, 0.15) is 52.7 Å². The Hall–Kier alpha value is -0.870. The molecule has 3 rings (SSSR count). The van der Waals surface area contributed by atoms with Gasteiger partial charge in [0, 0.05) is 17.0 Å². The van der Waals surface area contributed by atoms with E-state index in [0.29, 0.717) is 12.1 Å². The summed E-state index contributed by atoms with van der Waals surface area (Å²) in [4.78, 5) is 14.7. The van der Waals surface area contributed by atoms with E-state index in [1.54, 1.807) is 11.3 Å². The molecule has 0 spiro atoms. The van der Waals surface area contributed by atoms with Gasteiger partial charge >= 0.3 is 0 Å². The summed E-state index contributed by atoms with van der Waals surface area (Å²) in [6, 6.07) is 2.97. The zero-order valence-electron chi connectivity index (χ0n) is 11.5. The fraction of sp³-hybridized carbons (Fsp3) is 0.667. The van der Waals surface area contributed by atoms with Crippen LogP contribution in [0.15, 0.2) is 6.07 Å². The Morgan fingerprint density at radius 3 is 3.05 bits per heavy atom. The second-order valence-corrected chi connectivity index (χ2v) is 6.95. The number of carbonyl (C=O) groups excluding carboxylic acids is 1. The van der Waals surface area contributed by atoms with E-state index in [9.17, 15) is 4.79 Å². The minimum Gasteiger partial charge on any atom is -0.349 e. The van der Waals surface area contributed by atoms with Crippen molar-refractivity contribution in [1.82, 2.24) is 10.6 Å². The Morgan fingerprint density at radius 1 is 1.42 bits per heavy atom. The van der Waals surface area contributed by atoms with Gasteiger partial charge in [0.15, 0.2) is 0 Å². The highest BCUT2D eigenvalue weighted by molar-refractivity contribution is 7.14. The fourth-order valence-corrected chi connectivity index (χ4v) is 4.28. The van der Waals surface area contributed by atoms with Crippen molar-refractivity contribution in [1.29, 1.82) is 0 Å². The number of fused-ring (bicyclic) bond motifs is 1. The van der Waals surface area contributed by atoms with E-state index in [1.807, 2.05) is 0 Å². The van der Waals surface area contributed by atoms with Gasteiger partial charge in [-0.3, -0.25) is 4.79 Å². The van der Waals surface area contributed by atoms with Crippen LogP contribution in [0.5, 0.6) is 0 Å². The van der Waals surface area contributed by atoms with Gasteiger partial charge in [0.1, 0.15) is 0 Å². The average Bonchev–Trinajstić information content (AvgIpc) is 2.82. The van der Waals surface area contributed by atoms with E-state index < -0.39 is 0 Å². The van der Waals surface area contributed by atoms with Gasteiger partial charge in [-0.25, -0.2) is 0 Å². The van der Waals surface area contributed by atoms with Gasteiger partial charge in [-0.1, -0.05) is 0 Å². The SMILES string of the molecule is CC1CC(NC(=O)c2cc3c(s2)CCCC3)CCN1. The number of piperidine rings is 1. The highest BCUT2D eigenvalue weighted by atomic mass is 32.1. The van der Waals surface area contributed by atoms with Crippen LogP contribution in [0.3, 0.4) is 0 Å². The van der Waals surface area contributed by atoms with Gasteiger partial charge in [-0.2, -0.15) is 0 Å². The molecular formula is C15H22N2OS. The lowest BCUT2D eigenvalue weighted by Gasteiger charge is -2.28. The van der Waals surface area contributed by atoms with Gasteiger partial charge in [-0.15, -0.1) is 11.3 Å². The van der Waals surface area contributed by atoms with Crippen molar-refractivity contribution in [2.24, 2.45) is 0 Å². The van der Waals surface area contributed by atoms with Gasteiger partial charge in [0.2, 0.25) is 0 Å². The summed E-state index contributed by atoms with van der Waals surface area (Å²) in [5.74, 6) is 0.137. The van der Waals surface area contributed by atoms with Crippen molar-refractivity contribution in [2.75, 3.05) is 6.54 Å². The summed E-state index contributed by atoms with van der Waals surface area (Å²) >= 11 is 1.71. The molecule has 2 aliphatic rings. The largest absolute Gasteiger partial charge is 0.349 e. The number of nitrogens with one attached hydrogen (secondary N) is 2. The topological polar surface area (TPSA) is 41.1 Å². The minimum atomic E-state index is 0.137. The van der Waals surface area contributed by atoms with Crippen LogP contribution in [0.25, 0.3) is 0 Å². The van der Waals surface area contributed by atoms with Gasteiger partial charge in [0.25, 0.3) is 5.91 Å². The summed E-state index contributed by atoms with van der Waals surface area (Å²) < 4.78 is 0. The maximum absolute atomic E-state index is 12.3. The maximum atomic E-state index is 12.3. The highest BCUT2D eigenvalue weighted by Gasteiger charge is 2.22. The van der Waals surface area contributed by atoms with E-state index in [-0.39, 0.29) is 5.91 Å². The predicted octanol–water partition coefficient (Wildman–Crippen LogP) is 2.50. The molecule has 2 atom stereocenters. The van der Waals surface area contributed by atoms with Crippen LogP contribution in [-0.2, 0) is 12.8 Å². The smallest absolute Gasteiger partial charge is 0.261 e. The van der Waals surface area contributed by atoms with Crippen LogP contribution < -0.4 is 10.6 Å². The molecule has 1 fully saturated rings. The number of hydrogen-bond donors (Lipinski definition) is 2. The quantitative estimate of drug-likeness (QED) is 0.872. The first-order valence-electron chi connectivity index (χ1n) is 7.38. The standard InChI is InChI=1S/C15H22N2OS/c1-10-8-12(6-7-16-10)17-15(18)14-9-11-4-2-3-5-13(11)19-14/h9-10,12,16H,2-8H2,1H3,(H,17,18). The normalized spacial score (nSPS) is 26.8. The summed E-state index contributed by atoms with van der Waals surface area (Å²) in [5.41, 5.74) is 1.42. The molecule has 0 aromatic carbocycles. The number of hydrogen-bond acceptors (Lipinski definition) is 3. The Morgan fingerprint density at radius 2 is 2.26 bits per heavy atom. The lowest BCUT2D eigenvalue weighted by molar-refractivity contribution is 0.0930. The zero-order chi connectivity index (χ0) is 13.2. The molecule has 1 aliphatic heterocycles. The van der Waals surface area contributed by atoms with E-state index in [0.717, 1.165) is 37.1 Å². The lowest BCUT2D eigenvalue weighted by atomic mass is 9.99. The third-order valence-corrected chi connectivity index (χ3v) is 5.42. The van der Waals surface area contributed by atoms with E-state index in [2.05, 4.69) is 23.6 Å². The molecule has 3 nitrogen and oxygen atoms in total. The number of thiophene rings is 1. The first-order valence-corrected chi connectivity index (χ1v) is 8.20. The Labute approximate surface area is 118 Å². The van der Waals surface area contributed by atoms with E-state index >= 15 is 0 Å². The molecule has 1 amide bonds. The molecule has 1 aromatic heterocycles. The zero-order valence-corrected chi connectivity index (χ0v) is 12.3. The van der Waals surface area contributed by atoms with Crippen molar-refractivity contribution < 1.29 is 4.79 Å². The van der Waals surface area contributed by atoms with Crippen LogP contribution >= 0.6 is 11.3 Å². The molecule has 1 aliphatic carbocycles. The first-order chi connectivity index (χ1) is 9.22. The van der Waals surface area contributed by atoms with Crippen LogP contribution in [0.4, 0.5) is 0 Å². The van der Waals surface area contributed by atoms with E-state index in [4.69, 9.17) is 0 Å². The van der Waals surface area contributed by atoms with Crippen LogP contribution in [0, 0.1) is 0 Å². The molecule has 104 valence electrons. The number of carbonyl (C=O) groups is 1. The van der Waals surface area contributed by atoms with Crippen molar-refractivity contribution in [3.63, 3.8) is 0 Å².